The Hall–Kier alpha value is -2.28. The maximum absolute atomic E-state index is 12.9. The molecule has 1 saturated carbocycles. The summed E-state index contributed by atoms with van der Waals surface area (Å²) < 4.78 is 7.45. The van der Waals surface area contributed by atoms with Gasteiger partial charge in [0.2, 0.25) is 0 Å². The predicted molar refractivity (Wildman–Crippen MR) is 91.1 cm³/mol. The van der Waals surface area contributed by atoms with E-state index in [1.54, 1.807) is 13.3 Å². The van der Waals surface area contributed by atoms with Crippen molar-refractivity contribution >= 4 is 5.91 Å². The molecule has 1 atom stereocenters. The second-order valence-electron chi connectivity index (χ2n) is 7.07. The van der Waals surface area contributed by atoms with Crippen LogP contribution in [0.15, 0.2) is 18.3 Å². The highest BCUT2D eigenvalue weighted by Crippen LogP contribution is 2.34. The predicted octanol–water partition coefficient (Wildman–Crippen LogP) is 1.78. The van der Waals surface area contributed by atoms with Gasteiger partial charge in [0.1, 0.15) is 5.69 Å². The lowest BCUT2D eigenvalue weighted by Gasteiger charge is -2.32. The van der Waals surface area contributed by atoms with Crippen LogP contribution in [-0.4, -0.2) is 51.0 Å². The highest BCUT2D eigenvalue weighted by atomic mass is 16.5. The number of pyridine rings is 1. The van der Waals surface area contributed by atoms with Crippen molar-refractivity contribution in [1.82, 2.24) is 24.9 Å². The van der Waals surface area contributed by atoms with Gasteiger partial charge in [-0.1, -0.05) is 5.21 Å². The number of amides is 1. The molecule has 1 fully saturated rings. The molecule has 2 aliphatic rings. The van der Waals surface area contributed by atoms with Gasteiger partial charge in [-0.3, -0.25) is 9.78 Å². The summed E-state index contributed by atoms with van der Waals surface area (Å²) >= 11 is 0. The van der Waals surface area contributed by atoms with Crippen molar-refractivity contribution in [2.75, 3.05) is 20.3 Å². The summed E-state index contributed by atoms with van der Waals surface area (Å²) in [4.78, 5) is 18.9. The minimum Gasteiger partial charge on any atom is -0.384 e. The Bertz CT molecular complexity index is 766. The molecule has 1 aliphatic heterocycles. The average molecular weight is 341 g/mol. The van der Waals surface area contributed by atoms with Crippen LogP contribution < -0.4 is 0 Å². The zero-order chi connectivity index (χ0) is 17.4. The van der Waals surface area contributed by atoms with E-state index in [2.05, 4.69) is 15.3 Å². The molecule has 3 heterocycles. The fraction of sp³-hybridized carbons (Fsp3) is 0.556. The third-order valence-corrected chi connectivity index (χ3v) is 4.96. The third-order valence-electron chi connectivity index (χ3n) is 4.96. The zero-order valence-corrected chi connectivity index (χ0v) is 14.7. The first kappa shape index (κ1) is 16.2. The molecular weight excluding hydrogens is 318 g/mol. The lowest BCUT2D eigenvalue weighted by Crippen LogP contribution is -2.40. The van der Waals surface area contributed by atoms with Crippen LogP contribution in [0, 0.1) is 12.8 Å². The Morgan fingerprint density at radius 3 is 2.88 bits per heavy atom. The highest BCUT2D eigenvalue weighted by molar-refractivity contribution is 5.94. The van der Waals surface area contributed by atoms with E-state index >= 15 is 0 Å². The van der Waals surface area contributed by atoms with Gasteiger partial charge in [0.05, 0.1) is 24.4 Å². The summed E-state index contributed by atoms with van der Waals surface area (Å²) in [6.07, 6.45) is 4.19. The molecular formula is C18H23N5O2. The minimum absolute atomic E-state index is 0.0176. The van der Waals surface area contributed by atoms with Crippen LogP contribution in [0.4, 0.5) is 0 Å². The van der Waals surface area contributed by atoms with Crippen LogP contribution in [0.1, 0.15) is 46.2 Å². The molecule has 0 spiro atoms. The molecule has 132 valence electrons. The van der Waals surface area contributed by atoms with E-state index in [1.165, 1.54) is 12.8 Å². The molecule has 2 aromatic rings. The van der Waals surface area contributed by atoms with Crippen LogP contribution >= 0.6 is 0 Å². The van der Waals surface area contributed by atoms with Crippen molar-refractivity contribution in [3.05, 3.63) is 41.0 Å². The fourth-order valence-corrected chi connectivity index (χ4v) is 3.46. The van der Waals surface area contributed by atoms with E-state index in [0.717, 1.165) is 29.5 Å². The number of carbonyl (C=O) groups excluding carboxylic acids is 1. The third kappa shape index (κ3) is 3.28. The van der Waals surface area contributed by atoms with Gasteiger partial charge in [-0.2, -0.15) is 0 Å². The van der Waals surface area contributed by atoms with Gasteiger partial charge in [-0.25, -0.2) is 4.68 Å². The number of fused-ring (bicyclic) bond motifs is 1. The quantitative estimate of drug-likeness (QED) is 0.829. The van der Waals surface area contributed by atoms with E-state index < -0.39 is 0 Å². The molecule has 0 bridgehead atoms. The summed E-state index contributed by atoms with van der Waals surface area (Å²) in [6.45, 7) is 4.51. The number of methoxy groups -OCH3 is 1. The lowest BCUT2D eigenvalue weighted by atomic mass is 9.98. The molecule has 7 nitrogen and oxygen atoms in total. The van der Waals surface area contributed by atoms with Crippen molar-refractivity contribution in [3.8, 4) is 0 Å². The van der Waals surface area contributed by atoms with Gasteiger partial charge in [0, 0.05) is 38.0 Å². The van der Waals surface area contributed by atoms with Crippen LogP contribution in [-0.2, 0) is 17.8 Å². The molecule has 2 aromatic heterocycles. The number of carbonyl (C=O) groups is 1. The molecule has 0 saturated heterocycles. The molecule has 0 aromatic carbocycles. The normalized spacial score (nSPS) is 19.8. The number of hydrogen-bond donors (Lipinski definition) is 0. The van der Waals surface area contributed by atoms with Gasteiger partial charge in [0.15, 0.2) is 0 Å². The second kappa shape index (κ2) is 6.55. The number of aryl methyl sites for hydroxylation is 1. The number of hydrogen-bond acceptors (Lipinski definition) is 5. The number of nitrogens with zero attached hydrogens (tertiary/aromatic N) is 5. The number of rotatable bonds is 5. The Balaban J connectivity index is 1.59. The summed E-state index contributed by atoms with van der Waals surface area (Å²) in [5, 5.41) is 8.71. The van der Waals surface area contributed by atoms with E-state index in [9.17, 15) is 4.79 Å². The van der Waals surface area contributed by atoms with Gasteiger partial charge in [0.25, 0.3) is 5.91 Å². The molecule has 4 rings (SSSR count). The second-order valence-corrected chi connectivity index (χ2v) is 7.07. The Morgan fingerprint density at radius 1 is 1.36 bits per heavy atom. The Morgan fingerprint density at radius 2 is 2.20 bits per heavy atom. The van der Waals surface area contributed by atoms with Crippen molar-refractivity contribution < 1.29 is 9.53 Å². The van der Waals surface area contributed by atoms with E-state index in [0.29, 0.717) is 25.3 Å². The Kier molecular flexibility index (Phi) is 4.25. The summed E-state index contributed by atoms with van der Waals surface area (Å²) in [5.74, 6) is 0.813. The molecule has 7 heteroatoms. The van der Waals surface area contributed by atoms with Gasteiger partial charge < -0.3 is 9.64 Å². The average Bonchev–Trinajstić information content (AvgIpc) is 3.34. The van der Waals surface area contributed by atoms with Crippen molar-refractivity contribution in [2.45, 2.75) is 38.8 Å². The smallest absolute Gasteiger partial charge is 0.255 e. The van der Waals surface area contributed by atoms with Crippen LogP contribution in [0.25, 0.3) is 0 Å². The number of aromatic nitrogens is 4. The molecule has 1 unspecified atom stereocenters. The van der Waals surface area contributed by atoms with E-state index in [1.807, 2.05) is 28.6 Å². The van der Waals surface area contributed by atoms with Gasteiger partial charge >= 0.3 is 0 Å². The Labute approximate surface area is 147 Å². The van der Waals surface area contributed by atoms with Crippen molar-refractivity contribution in [3.63, 3.8) is 0 Å². The van der Waals surface area contributed by atoms with Crippen molar-refractivity contribution in [2.24, 2.45) is 5.92 Å². The van der Waals surface area contributed by atoms with Gasteiger partial charge in [-0.15, -0.1) is 5.10 Å². The summed E-state index contributed by atoms with van der Waals surface area (Å²) in [5.41, 5.74) is 3.54. The maximum Gasteiger partial charge on any atom is 0.255 e. The zero-order valence-electron chi connectivity index (χ0n) is 14.7. The van der Waals surface area contributed by atoms with E-state index in [4.69, 9.17) is 4.74 Å². The van der Waals surface area contributed by atoms with Crippen LogP contribution in [0.2, 0.25) is 0 Å². The van der Waals surface area contributed by atoms with Crippen molar-refractivity contribution in [1.29, 1.82) is 0 Å². The standard InChI is InChI=1S/C18H23N5O2/c1-12-3-6-14(7-19-12)18(24)22-9-15(11-25-2)17-16(10-22)20-21-23(17)8-13-4-5-13/h3,6-7,13,15H,4-5,8-11H2,1-2H3. The molecule has 25 heavy (non-hydrogen) atoms. The van der Waals surface area contributed by atoms with Crippen LogP contribution in [0.3, 0.4) is 0 Å². The monoisotopic (exact) mass is 341 g/mol. The molecule has 1 amide bonds. The summed E-state index contributed by atoms with van der Waals surface area (Å²) in [7, 11) is 1.69. The highest BCUT2D eigenvalue weighted by Gasteiger charge is 2.34. The fourth-order valence-electron chi connectivity index (χ4n) is 3.46. The van der Waals surface area contributed by atoms with Gasteiger partial charge in [-0.05, 0) is 37.8 Å². The topological polar surface area (TPSA) is 73.1 Å². The lowest BCUT2D eigenvalue weighted by molar-refractivity contribution is 0.0672. The molecule has 1 aliphatic carbocycles. The largest absolute Gasteiger partial charge is 0.384 e. The molecule has 0 N–H and O–H groups in total. The first-order chi connectivity index (χ1) is 12.2. The summed E-state index contributed by atoms with van der Waals surface area (Å²) in [6, 6.07) is 3.69. The van der Waals surface area contributed by atoms with Crippen LogP contribution in [0.5, 0.6) is 0 Å². The first-order valence-corrected chi connectivity index (χ1v) is 8.79. The first-order valence-electron chi connectivity index (χ1n) is 8.79. The maximum atomic E-state index is 12.9. The van der Waals surface area contributed by atoms with E-state index in [-0.39, 0.29) is 11.8 Å². The molecule has 0 radical (unpaired) electrons. The SMILES string of the molecule is COCC1CN(C(=O)c2ccc(C)nc2)Cc2nnn(CC3CC3)c21. The number of ether oxygens (including phenoxy) is 1. The minimum atomic E-state index is -0.0176.